The summed E-state index contributed by atoms with van der Waals surface area (Å²) >= 11 is 0. The second-order valence-corrected chi connectivity index (χ2v) is 7.39. The molecule has 1 aromatic heterocycles. The molecule has 1 heterocycles. The van der Waals surface area contributed by atoms with Gasteiger partial charge in [0.2, 0.25) is 0 Å². The molecule has 3 rings (SSSR count). The fourth-order valence-corrected chi connectivity index (χ4v) is 4.58. The largest absolute Gasteiger partial charge is 0.464 e. The highest BCUT2D eigenvalue weighted by atomic mass is 16.5. The number of hydrogen-bond acceptors (Lipinski definition) is 5. The molecule has 0 spiro atoms. The van der Waals surface area contributed by atoms with E-state index in [1.54, 1.807) is 17.8 Å². The van der Waals surface area contributed by atoms with Crippen molar-refractivity contribution >= 4 is 11.8 Å². The summed E-state index contributed by atoms with van der Waals surface area (Å²) in [4.78, 5) is 24.8. The minimum atomic E-state index is -0.644. The Kier molecular flexibility index (Phi) is 3.45. The summed E-state index contributed by atoms with van der Waals surface area (Å²) in [5, 5.41) is 14.0. The lowest BCUT2D eigenvalue weighted by Crippen LogP contribution is -2.51. The number of fused-ring (bicyclic) bond motifs is 3. The number of hydrogen-bond donors (Lipinski definition) is 0. The zero-order valence-electron chi connectivity index (χ0n) is 14.6. The second kappa shape index (κ2) is 5.04. The Morgan fingerprint density at radius 1 is 1.46 bits per heavy atom. The molecular weight excluding hydrogens is 306 g/mol. The highest BCUT2D eigenvalue weighted by Crippen LogP contribution is 2.54. The Morgan fingerprint density at radius 2 is 2.12 bits per heavy atom. The van der Waals surface area contributed by atoms with E-state index < -0.39 is 16.8 Å². The Balaban J connectivity index is 2.28. The maximum atomic E-state index is 12.6. The van der Waals surface area contributed by atoms with Gasteiger partial charge in [0.25, 0.3) is 0 Å². The predicted octanol–water partition coefficient (Wildman–Crippen LogP) is 2.09. The topological polar surface area (TPSA) is 85.0 Å². The standard InChI is InChI=1S/C18H21N3O3/c1-17(2)12-7-6-11-13(16(23)24-5)21(4)20-14(11)18(12,3)8-10(9-19)15(17)22/h8,12H,6-7H2,1-5H3/t12-,18-/m0/s1. The van der Waals surface area contributed by atoms with E-state index in [1.807, 2.05) is 26.8 Å². The lowest BCUT2D eigenvalue weighted by molar-refractivity contribution is -0.128. The van der Waals surface area contributed by atoms with Crippen LogP contribution in [-0.2, 0) is 28.4 Å². The van der Waals surface area contributed by atoms with Crippen LogP contribution in [0.15, 0.2) is 11.6 Å². The second-order valence-electron chi connectivity index (χ2n) is 7.39. The van der Waals surface area contributed by atoms with Gasteiger partial charge in [0.15, 0.2) is 5.78 Å². The van der Waals surface area contributed by atoms with Gasteiger partial charge in [0.05, 0.1) is 18.4 Å². The molecule has 0 saturated carbocycles. The number of esters is 1. The van der Waals surface area contributed by atoms with Crippen LogP contribution in [0.5, 0.6) is 0 Å². The average molecular weight is 327 g/mol. The third kappa shape index (κ3) is 1.90. The number of ether oxygens (including phenoxy) is 1. The first-order valence-electron chi connectivity index (χ1n) is 8.01. The Bertz CT molecular complexity index is 825. The minimum absolute atomic E-state index is 0.0301. The maximum Gasteiger partial charge on any atom is 0.356 e. The van der Waals surface area contributed by atoms with E-state index in [2.05, 4.69) is 5.10 Å². The molecule has 0 fully saturated rings. The van der Waals surface area contributed by atoms with Crippen LogP contribution in [0.1, 0.15) is 48.9 Å². The first-order chi connectivity index (χ1) is 11.2. The van der Waals surface area contributed by atoms with E-state index >= 15 is 0 Å². The zero-order valence-corrected chi connectivity index (χ0v) is 14.6. The molecule has 2 aliphatic carbocycles. The van der Waals surface area contributed by atoms with Crippen molar-refractivity contribution < 1.29 is 14.3 Å². The van der Waals surface area contributed by atoms with Crippen LogP contribution < -0.4 is 0 Å². The lowest BCUT2D eigenvalue weighted by Gasteiger charge is -2.49. The van der Waals surface area contributed by atoms with E-state index in [1.165, 1.54) is 7.11 Å². The molecule has 2 aliphatic rings. The molecule has 0 aromatic carbocycles. The summed E-state index contributed by atoms with van der Waals surface area (Å²) in [5.41, 5.74) is 1.07. The highest BCUT2D eigenvalue weighted by molar-refractivity contribution is 6.04. The van der Waals surface area contributed by atoms with E-state index in [0.29, 0.717) is 12.1 Å². The number of methoxy groups -OCH3 is 1. The van der Waals surface area contributed by atoms with Crippen molar-refractivity contribution in [3.05, 3.63) is 28.6 Å². The van der Waals surface area contributed by atoms with Gasteiger partial charge in [-0.1, -0.05) is 26.8 Å². The Hall–Kier alpha value is -2.42. The first-order valence-corrected chi connectivity index (χ1v) is 8.01. The summed E-state index contributed by atoms with van der Waals surface area (Å²) in [5.74, 6) is -0.494. The summed E-state index contributed by atoms with van der Waals surface area (Å²) in [6.45, 7) is 5.81. The molecule has 0 aliphatic heterocycles. The van der Waals surface area contributed by atoms with Crippen molar-refractivity contribution in [3.8, 4) is 6.07 Å². The van der Waals surface area contributed by atoms with Gasteiger partial charge in [-0.3, -0.25) is 9.48 Å². The van der Waals surface area contributed by atoms with E-state index in [-0.39, 0.29) is 17.3 Å². The smallest absolute Gasteiger partial charge is 0.356 e. The summed E-state index contributed by atoms with van der Waals surface area (Å²) in [6, 6.07) is 2.04. The molecule has 2 atom stereocenters. The monoisotopic (exact) mass is 327 g/mol. The predicted molar refractivity (Wildman–Crippen MR) is 86.2 cm³/mol. The first kappa shape index (κ1) is 16.4. The van der Waals surface area contributed by atoms with Crippen LogP contribution in [0, 0.1) is 22.7 Å². The van der Waals surface area contributed by atoms with Gasteiger partial charge >= 0.3 is 5.97 Å². The molecule has 6 nitrogen and oxygen atoms in total. The quantitative estimate of drug-likeness (QED) is 0.737. The van der Waals surface area contributed by atoms with Gasteiger partial charge in [-0.2, -0.15) is 10.4 Å². The SMILES string of the molecule is COC(=O)c1c2c(nn1C)[C@@]1(C)C=C(C#N)C(=O)C(C)(C)[C@@H]1CC2. The van der Waals surface area contributed by atoms with Gasteiger partial charge in [0.1, 0.15) is 11.8 Å². The third-order valence-electron chi connectivity index (χ3n) is 5.71. The minimum Gasteiger partial charge on any atom is -0.464 e. The molecule has 0 saturated heterocycles. The van der Waals surface area contributed by atoms with Crippen LogP contribution in [0.25, 0.3) is 0 Å². The molecule has 0 N–H and O–H groups in total. The number of carbonyl (C=O) groups excluding carboxylic acids is 2. The van der Waals surface area contributed by atoms with Gasteiger partial charge < -0.3 is 4.74 Å². The molecule has 24 heavy (non-hydrogen) atoms. The number of rotatable bonds is 1. The van der Waals surface area contributed by atoms with Gasteiger partial charge in [0, 0.05) is 23.4 Å². The molecule has 0 bridgehead atoms. The maximum absolute atomic E-state index is 12.6. The van der Waals surface area contributed by atoms with Crippen LogP contribution in [0.3, 0.4) is 0 Å². The number of carbonyl (C=O) groups is 2. The van der Waals surface area contributed by atoms with Crippen molar-refractivity contribution in [3.63, 3.8) is 0 Å². The van der Waals surface area contributed by atoms with E-state index in [4.69, 9.17) is 4.74 Å². The van der Waals surface area contributed by atoms with Crippen LogP contribution >= 0.6 is 0 Å². The fourth-order valence-electron chi connectivity index (χ4n) is 4.58. The Morgan fingerprint density at radius 3 is 2.71 bits per heavy atom. The van der Waals surface area contributed by atoms with Crippen LogP contribution in [-0.4, -0.2) is 28.6 Å². The zero-order chi connectivity index (χ0) is 17.9. The number of aryl methyl sites for hydroxylation is 1. The van der Waals surface area contributed by atoms with Gasteiger partial charge in [-0.15, -0.1) is 0 Å². The van der Waals surface area contributed by atoms with Crippen molar-refractivity contribution in [2.75, 3.05) is 7.11 Å². The molecule has 6 heteroatoms. The van der Waals surface area contributed by atoms with Gasteiger partial charge in [-0.25, -0.2) is 4.79 Å². The van der Waals surface area contributed by atoms with Crippen molar-refractivity contribution in [2.45, 2.75) is 39.0 Å². The molecule has 0 amide bonds. The number of nitriles is 1. The van der Waals surface area contributed by atoms with Crippen LogP contribution in [0.2, 0.25) is 0 Å². The van der Waals surface area contributed by atoms with Crippen molar-refractivity contribution in [1.29, 1.82) is 5.26 Å². The number of ketones is 1. The highest BCUT2D eigenvalue weighted by Gasteiger charge is 2.55. The molecule has 0 radical (unpaired) electrons. The number of Topliss-reactive ketones (excluding diaryl/α,β-unsaturated/α-hetero) is 1. The molecule has 0 unspecified atom stereocenters. The number of allylic oxidation sites excluding steroid dienone is 2. The van der Waals surface area contributed by atoms with Crippen molar-refractivity contribution in [2.24, 2.45) is 18.4 Å². The number of aromatic nitrogens is 2. The van der Waals surface area contributed by atoms with E-state index in [0.717, 1.165) is 17.7 Å². The lowest BCUT2D eigenvalue weighted by atomic mass is 9.52. The van der Waals surface area contributed by atoms with E-state index in [9.17, 15) is 14.9 Å². The number of nitrogens with zero attached hydrogens (tertiary/aromatic N) is 3. The molecular formula is C18H21N3O3. The molecule has 126 valence electrons. The average Bonchev–Trinajstić information content (AvgIpc) is 2.88. The van der Waals surface area contributed by atoms with Crippen LogP contribution in [0.4, 0.5) is 0 Å². The van der Waals surface area contributed by atoms with Crippen molar-refractivity contribution in [1.82, 2.24) is 9.78 Å². The summed E-state index contributed by atoms with van der Waals surface area (Å²) in [7, 11) is 3.07. The normalized spacial score (nSPS) is 27.6. The summed E-state index contributed by atoms with van der Waals surface area (Å²) in [6.07, 6.45) is 3.17. The van der Waals surface area contributed by atoms with Gasteiger partial charge in [-0.05, 0) is 18.8 Å². The fraction of sp³-hybridized carbons (Fsp3) is 0.556. The molecule has 1 aromatic rings. The third-order valence-corrected chi connectivity index (χ3v) is 5.71. The Labute approximate surface area is 141 Å². The summed E-state index contributed by atoms with van der Waals surface area (Å²) < 4.78 is 6.44.